The molecule has 6 heteroatoms. The van der Waals surface area contributed by atoms with Crippen LogP contribution in [0.5, 0.6) is 11.5 Å². The van der Waals surface area contributed by atoms with Crippen molar-refractivity contribution in [3.8, 4) is 11.5 Å². The lowest BCUT2D eigenvalue weighted by Crippen LogP contribution is -2.83. The maximum atomic E-state index is 13.0. The number of ketones is 1. The zero-order valence-corrected chi connectivity index (χ0v) is 18.5. The number of carbonyl (C=O) groups is 2. The fourth-order valence-corrected chi connectivity index (χ4v) is 6.94. The smallest absolute Gasteiger partial charge is 0.336 e. The molecule has 1 aromatic carbocycles. The lowest BCUT2D eigenvalue weighted by atomic mass is 9.37. The molecule has 1 spiro atoms. The number of esters is 1. The monoisotopic (exact) mass is 435 g/mol. The van der Waals surface area contributed by atoms with Crippen molar-refractivity contribution in [2.45, 2.75) is 62.2 Å². The van der Waals surface area contributed by atoms with Gasteiger partial charge in [-0.3, -0.25) is 9.69 Å². The van der Waals surface area contributed by atoms with Crippen LogP contribution in [0.4, 0.5) is 0 Å². The van der Waals surface area contributed by atoms with Crippen LogP contribution in [-0.4, -0.2) is 53.1 Å². The van der Waals surface area contributed by atoms with E-state index in [0.717, 1.165) is 24.1 Å². The van der Waals surface area contributed by atoms with Gasteiger partial charge in [0.05, 0.1) is 11.0 Å². The van der Waals surface area contributed by atoms with Gasteiger partial charge in [-0.15, -0.1) is 0 Å². The highest BCUT2D eigenvalue weighted by Crippen LogP contribution is 2.72. The fourth-order valence-electron chi connectivity index (χ4n) is 6.94. The Kier molecular flexibility index (Phi) is 4.28. The number of fused-ring (bicyclic) bond motifs is 1. The number of hydrogen-bond donors (Lipinski definition) is 1. The van der Waals surface area contributed by atoms with Crippen molar-refractivity contribution in [1.82, 2.24) is 4.90 Å². The first kappa shape index (κ1) is 20.2. The molecular formula is C26H29NO5. The SMILES string of the molecule is C/C=C/C=C/C(=O)Oc1ccc2c3c1O[C@H]1C(=O)CC4C[C@]31[C@]4(O)[C@H](N(C)CC1CC1)C2. The predicted molar refractivity (Wildman–Crippen MR) is 118 cm³/mol. The molecule has 6 nitrogen and oxygen atoms in total. The van der Waals surface area contributed by atoms with Gasteiger partial charge in [-0.2, -0.15) is 0 Å². The van der Waals surface area contributed by atoms with Crippen LogP contribution < -0.4 is 9.47 Å². The second-order valence-electron chi connectivity index (χ2n) is 10.2. The molecule has 2 bridgehead atoms. The molecule has 1 unspecified atom stereocenters. The average Bonchev–Trinajstić information content (AvgIpc) is 3.48. The first-order valence-electron chi connectivity index (χ1n) is 11.7. The Balaban J connectivity index is 1.42. The van der Waals surface area contributed by atoms with Crippen LogP contribution in [0.25, 0.3) is 0 Å². The summed E-state index contributed by atoms with van der Waals surface area (Å²) in [6, 6.07) is 3.71. The normalized spacial score (nSPS) is 36.4. The number of carbonyl (C=O) groups excluding carboxylic acids is 2. The summed E-state index contributed by atoms with van der Waals surface area (Å²) in [6.45, 7) is 2.85. The fraction of sp³-hybridized carbons (Fsp3) is 0.538. The van der Waals surface area contributed by atoms with Gasteiger partial charge in [-0.25, -0.2) is 4.79 Å². The number of rotatable bonds is 6. The largest absolute Gasteiger partial charge is 0.477 e. The van der Waals surface area contributed by atoms with E-state index >= 15 is 0 Å². The first-order chi connectivity index (χ1) is 15.4. The number of ether oxygens (including phenoxy) is 2. The number of allylic oxidation sites excluding steroid dienone is 3. The molecule has 7 rings (SSSR count). The molecular weight excluding hydrogens is 406 g/mol. The molecule has 1 heterocycles. The van der Waals surface area contributed by atoms with E-state index in [9.17, 15) is 14.7 Å². The van der Waals surface area contributed by atoms with Crippen LogP contribution in [0, 0.1) is 11.8 Å². The Bertz CT molecular complexity index is 1070. The van der Waals surface area contributed by atoms with E-state index in [1.165, 1.54) is 18.9 Å². The molecule has 0 radical (unpaired) electrons. The first-order valence-corrected chi connectivity index (χ1v) is 11.7. The van der Waals surface area contributed by atoms with Crippen LogP contribution in [0.2, 0.25) is 0 Å². The van der Waals surface area contributed by atoms with Crippen molar-refractivity contribution in [2.75, 3.05) is 13.6 Å². The Hall–Kier alpha value is -2.44. The topological polar surface area (TPSA) is 76.1 Å². The number of benzene rings is 1. The minimum Gasteiger partial charge on any atom is -0.477 e. The average molecular weight is 436 g/mol. The van der Waals surface area contributed by atoms with Crippen LogP contribution in [0.15, 0.2) is 36.4 Å². The van der Waals surface area contributed by atoms with Crippen LogP contribution in [0.1, 0.15) is 43.7 Å². The lowest BCUT2D eigenvalue weighted by Gasteiger charge is -2.69. The van der Waals surface area contributed by atoms with Gasteiger partial charge in [0.15, 0.2) is 23.4 Å². The number of nitrogens with zero attached hydrogens (tertiary/aromatic N) is 1. The molecule has 4 saturated carbocycles. The highest BCUT2D eigenvalue weighted by Gasteiger charge is 2.81. The molecule has 168 valence electrons. The van der Waals surface area contributed by atoms with Gasteiger partial charge in [0, 0.05) is 30.6 Å². The van der Waals surface area contributed by atoms with Gasteiger partial charge in [-0.1, -0.05) is 24.3 Å². The van der Waals surface area contributed by atoms with E-state index in [0.29, 0.717) is 30.3 Å². The van der Waals surface area contributed by atoms with Crippen LogP contribution in [0.3, 0.4) is 0 Å². The van der Waals surface area contributed by atoms with Crippen LogP contribution in [-0.2, 0) is 21.4 Å². The molecule has 4 fully saturated rings. The summed E-state index contributed by atoms with van der Waals surface area (Å²) in [6.07, 6.45) is 10.2. The van der Waals surface area contributed by atoms with Crippen molar-refractivity contribution in [1.29, 1.82) is 0 Å². The molecule has 5 aliphatic carbocycles. The molecule has 1 aliphatic heterocycles. The summed E-state index contributed by atoms with van der Waals surface area (Å²) in [4.78, 5) is 27.6. The predicted octanol–water partition coefficient (Wildman–Crippen LogP) is 2.71. The van der Waals surface area contributed by atoms with E-state index in [1.807, 2.05) is 19.1 Å². The molecule has 0 saturated heterocycles. The van der Waals surface area contributed by atoms with Crippen molar-refractivity contribution >= 4 is 11.8 Å². The number of Topliss-reactive ketones (excluding diaryl/α,β-unsaturated/α-hetero) is 1. The second-order valence-corrected chi connectivity index (χ2v) is 10.2. The third kappa shape index (κ3) is 2.48. The second kappa shape index (κ2) is 6.78. The van der Waals surface area contributed by atoms with Crippen molar-refractivity contribution in [3.05, 3.63) is 47.6 Å². The molecule has 0 aromatic heterocycles. The quantitative estimate of drug-likeness (QED) is 0.321. The highest BCUT2D eigenvalue weighted by molar-refractivity contribution is 5.92. The van der Waals surface area contributed by atoms with E-state index in [1.54, 1.807) is 18.2 Å². The highest BCUT2D eigenvalue weighted by atomic mass is 16.6. The minimum absolute atomic E-state index is 0.0448. The molecule has 5 atom stereocenters. The number of hydrogen-bond acceptors (Lipinski definition) is 6. The number of aliphatic hydroxyl groups is 1. The minimum atomic E-state index is -0.998. The van der Waals surface area contributed by atoms with E-state index in [4.69, 9.17) is 9.47 Å². The van der Waals surface area contributed by atoms with E-state index < -0.39 is 23.1 Å². The van der Waals surface area contributed by atoms with Gasteiger partial charge in [-0.05, 0) is 63.1 Å². The summed E-state index contributed by atoms with van der Waals surface area (Å²) < 4.78 is 11.9. The summed E-state index contributed by atoms with van der Waals surface area (Å²) >= 11 is 0. The Morgan fingerprint density at radius 1 is 1.31 bits per heavy atom. The van der Waals surface area contributed by atoms with E-state index in [-0.39, 0.29) is 17.7 Å². The van der Waals surface area contributed by atoms with Gasteiger partial charge in [0.1, 0.15) is 0 Å². The van der Waals surface area contributed by atoms with Gasteiger partial charge < -0.3 is 14.6 Å². The van der Waals surface area contributed by atoms with Gasteiger partial charge in [0.25, 0.3) is 0 Å². The molecule has 1 N–H and O–H groups in total. The summed E-state index contributed by atoms with van der Waals surface area (Å²) in [5.74, 6) is 1.01. The maximum Gasteiger partial charge on any atom is 0.336 e. The van der Waals surface area contributed by atoms with Crippen molar-refractivity contribution < 1.29 is 24.2 Å². The molecule has 0 amide bonds. The number of likely N-dealkylation sites (N-methyl/N-ethyl adjacent to an activating group) is 1. The van der Waals surface area contributed by atoms with Crippen molar-refractivity contribution in [2.24, 2.45) is 11.8 Å². The summed E-state index contributed by atoms with van der Waals surface area (Å²) in [7, 11) is 2.11. The Morgan fingerprint density at radius 2 is 2.12 bits per heavy atom. The zero-order valence-electron chi connectivity index (χ0n) is 18.5. The van der Waals surface area contributed by atoms with Gasteiger partial charge >= 0.3 is 5.97 Å². The zero-order chi connectivity index (χ0) is 22.3. The van der Waals surface area contributed by atoms with E-state index in [2.05, 4.69) is 11.9 Å². The summed E-state index contributed by atoms with van der Waals surface area (Å²) in [5, 5.41) is 12.2. The van der Waals surface area contributed by atoms with Crippen LogP contribution >= 0.6 is 0 Å². The maximum absolute atomic E-state index is 13.0. The Morgan fingerprint density at radius 3 is 2.88 bits per heavy atom. The van der Waals surface area contributed by atoms with Crippen molar-refractivity contribution in [3.63, 3.8) is 0 Å². The third-order valence-electron chi connectivity index (χ3n) is 8.43. The Labute approximate surface area is 187 Å². The third-order valence-corrected chi connectivity index (χ3v) is 8.43. The van der Waals surface area contributed by atoms with Gasteiger partial charge in [0.2, 0.25) is 0 Å². The molecule has 1 aromatic rings. The molecule has 32 heavy (non-hydrogen) atoms. The molecule has 6 aliphatic rings. The summed E-state index contributed by atoms with van der Waals surface area (Å²) in [5.41, 5.74) is 0.258. The lowest BCUT2D eigenvalue weighted by molar-refractivity contribution is -0.250. The standard InChI is InChI=1S/C26H29NO5/c1-3-4-5-6-21(29)31-19-10-9-16-11-20(27(2)14-15-7-8-15)26(30)17-12-18(28)24-25(26,13-17)22(16)23(19)32-24/h3-6,9-10,15,17,20,24,30H,7-8,11-14H2,1-2H3/b4-3+,6-5+/t17?,20-,24+,25+,26-/m1/s1.